The molecule has 9 nitrogen and oxygen atoms in total. The molecule has 0 saturated heterocycles. The van der Waals surface area contributed by atoms with Crippen LogP contribution in [0.3, 0.4) is 0 Å². The van der Waals surface area contributed by atoms with Gasteiger partial charge in [-0.1, -0.05) is 19.9 Å². The molecule has 0 unspecified atom stereocenters. The fraction of sp³-hybridized carbons (Fsp3) is 0.400. The van der Waals surface area contributed by atoms with Crippen molar-refractivity contribution < 1.29 is 19.4 Å². The highest BCUT2D eigenvalue weighted by Crippen LogP contribution is 2.30. The number of carbonyl (C=O) groups is 1. The molecule has 0 fully saturated rings. The van der Waals surface area contributed by atoms with Gasteiger partial charge in [0.1, 0.15) is 28.8 Å². The molecule has 0 aliphatic heterocycles. The van der Waals surface area contributed by atoms with Crippen LogP contribution in [0.25, 0.3) is 0 Å². The van der Waals surface area contributed by atoms with E-state index in [1.807, 2.05) is 66.2 Å². The van der Waals surface area contributed by atoms with Crippen molar-refractivity contribution in [2.75, 3.05) is 30.8 Å². The van der Waals surface area contributed by atoms with Gasteiger partial charge in [-0.2, -0.15) is 0 Å². The first-order valence-corrected chi connectivity index (χ1v) is 13.2. The van der Waals surface area contributed by atoms with Crippen molar-refractivity contribution in [3.63, 3.8) is 0 Å². The number of hydrogen-bond donors (Lipinski definition) is 5. The second kappa shape index (κ2) is 13.2. The number of ether oxygens (including phenoxy) is 2. The number of anilines is 2. The first-order chi connectivity index (χ1) is 18.4. The normalized spacial score (nSPS) is 11.3. The van der Waals surface area contributed by atoms with E-state index in [4.69, 9.17) is 14.9 Å². The van der Waals surface area contributed by atoms with Crippen LogP contribution in [-0.4, -0.2) is 47.2 Å². The van der Waals surface area contributed by atoms with Crippen molar-refractivity contribution >= 4 is 23.1 Å². The molecule has 5 N–H and O–H groups in total. The molecule has 1 amide bonds. The van der Waals surface area contributed by atoms with Crippen LogP contribution in [-0.2, 0) is 11.3 Å². The zero-order chi connectivity index (χ0) is 28.6. The molecule has 39 heavy (non-hydrogen) atoms. The van der Waals surface area contributed by atoms with Gasteiger partial charge in [0, 0.05) is 38.1 Å². The number of nitrogens with zero attached hydrogens (tertiary/aromatic N) is 1. The van der Waals surface area contributed by atoms with E-state index in [0.29, 0.717) is 42.8 Å². The summed E-state index contributed by atoms with van der Waals surface area (Å²) >= 11 is 0. The predicted molar refractivity (Wildman–Crippen MR) is 156 cm³/mol. The van der Waals surface area contributed by atoms with Crippen molar-refractivity contribution in [2.45, 2.75) is 53.2 Å². The smallest absolute Gasteiger partial charge is 0.222 e. The number of rotatable bonds is 13. The molecule has 210 valence electrons. The number of amidine groups is 1. The lowest BCUT2D eigenvalue weighted by Crippen LogP contribution is -2.34. The Bertz CT molecular complexity index is 1280. The highest BCUT2D eigenvalue weighted by atomic mass is 16.5. The summed E-state index contributed by atoms with van der Waals surface area (Å²) in [5.74, 6) is 2.62. The monoisotopic (exact) mass is 535 g/mol. The lowest BCUT2D eigenvalue weighted by molar-refractivity contribution is -0.124. The first kappa shape index (κ1) is 29.6. The molecule has 0 atom stereocenters. The molecule has 2 aromatic carbocycles. The number of aromatic nitrogens is 1. The van der Waals surface area contributed by atoms with Crippen molar-refractivity contribution in [2.24, 2.45) is 5.92 Å². The number of aliphatic hydroxyl groups is 1. The second-order valence-electron chi connectivity index (χ2n) is 10.6. The van der Waals surface area contributed by atoms with E-state index in [-0.39, 0.29) is 18.2 Å². The molecule has 0 bridgehead atoms. The van der Waals surface area contributed by atoms with Crippen LogP contribution in [0, 0.1) is 18.3 Å². The highest BCUT2D eigenvalue weighted by Gasteiger charge is 2.18. The van der Waals surface area contributed by atoms with Crippen molar-refractivity contribution in [3.05, 3.63) is 66.0 Å². The molecular formula is C30H41N5O4. The molecule has 3 rings (SSSR count). The third kappa shape index (κ3) is 9.07. The van der Waals surface area contributed by atoms with Gasteiger partial charge in [0.15, 0.2) is 0 Å². The molecule has 0 aliphatic carbocycles. The Labute approximate surface area is 231 Å². The SMILES string of the molecule is CNc1ccn(CCNC(=O)CC(C)(C)O)c1C(=N)Nc1ccc(Oc2cccc(OCC(C)C)c2)c(C)c1. The molecule has 0 aliphatic rings. The summed E-state index contributed by atoms with van der Waals surface area (Å²) in [4.78, 5) is 12.1. The Balaban J connectivity index is 1.65. The number of carbonyl (C=O) groups excluding carboxylic acids is 1. The summed E-state index contributed by atoms with van der Waals surface area (Å²) < 4.78 is 13.8. The lowest BCUT2D eigenvalue weighted by Gasteiger charge is -2.17. The van der Waals surface area contributed by atoms with Gasteiger partial charge < -0.3 is 35.1 Å². The molecule has 1 heterocycles. The average molecular weight is 536 g/mol. The summed E-state index contributed by atoms with van der Waals surface area (Å²) in [7, 11) is 1.81. The maximum atomic E-state index is 12.1. The Morgan fingerprint density at radius 1 is 1.13 bits per heavy atom. The third-order valence-corrected chi connectivity index (χ3v) is 5.80. The van der Waals surface area contributed by atoms with E-state index in [1.165, 1.54) is 0 Å². The van der Waals surface area contributed by atoms with Crippen LogP contribution >= 0.6 is 0 Å². The largest absolute Gasteiger partial charge is 0.493 e. The standard InChI is InChI=1S/C30H41N5O4/c1-20(2)19-38-23-8-7-9-24(17-23)39-26-11-10-22(16-21(26)3)34-29(31)28-25(32-6)12-14-35(28)15-13-33-27(36)18-30(4,5)37/h7-12,14,16-17,20,32,37H,13,15,18-19H2,1-6H3,(H2,31,34)(H,33,36). The van der Waals surface area contributed by atoms with Crippen LogP contribution < -0.4 is 25.4 Å². The van der Waals surface area contributed by atoms with Crippen LogP contribution in [0.5, 0.6) is 17.2 Å². The Morgan fingerprint density at radius 2 is 1.87 bits per heavy atom. The molecular weight excluding hydrogens is 494 g/mol. The van der Waals surface area contributed by atoms with Gasteiger partial charge in [-0.3, -0.25) is 10.2 Å². The number of benzene rings is 2. The van der Waals surface area contributed by atoms with Crippen molar-refractivity contribution in [3.8, 4) is 17.2 Å². The van der Waals surface area contributed by atoms with Gasteiger partial charge in [0.25, 0.3) is 0 Å². The Morgan fingerprint density at radius 3 is 2.54 bits per heavy atom. The van der Waals surface area contributed by atoms with Gasteiger partial charge in [0.2, 0.25) is 5.91 Å². The maximum Gasteiger partial charge on any atom is 0.222 e. The van der Waals surface area contributed by atoms with Gasteiger partial charge >= 0.3 is 0 Å². The van der Waals surface area contributed by atoms with Crippen LogP contribution in [0.2, 0.25) is 0 Å². The fourth-order valence-corrected chi connectivity index (χ4v) is 3.97. The van der Waals surface area contributed by atoms with E-state index in [2.05, 4.69) is 29.8 Å². The maximum absolute atomic E-state index is 12.1. The summed E-state index contributed by atoms with van der Waals surface area (Å²) in [5, 5.41) is 27.7. The topological polar surface area (TPSA) is 121 Å². The summed E-state index contributed by atoms with van der Waals surface area (Å²) in [6.07, 6.45) is 1.90. The third-order valence-electron chi connectivity index (χ3n) is 5.80. The average Bonchev–Trinajstić information content (AvgIpc) is 3.26. The zero-order valence-electron chi connectivity index (χ0n) is 23.7. The van der Waals surface area contributed by atoms with Gasteiger partial charge in [0.05, 0.1) is 24.3 Å². The van der Waals surface area contributed by atoms with E-state index in [0.717, 1.165) is 22.7 Å². The minimum absolute atomic E-state index is 0.0289. The molecule has 3 aromatic rings. The number of amides is 1. The van der Waals surface area contributed by atoms with Crippen molar-refractivity contribution in [1.29, 1.82) is 5.41 Å². The van der Waals surface area contributed by atoms with Gasteiger partial charge in [-0.25, -0.2) is 0 Å². The molecule has 0 saturated carbocycles. The number of hydrogen-bond acceptors (Lipinski definition) is 6. The van der Waals surface area contributed by atoms with E-state index in [9.17, 15) is 9.90 Å². The summed E-state index contributed by atoms with van der Waals surface area (Å²) in [6.45, 7) is 10.9. The van der Waals surface area contributed by atoms with Crippen LogP contribution in [0.1, 0.15) is 45.4 Å². The van der Waals surface area contributed by atoms with Gasteiger partial charge in [-0.15, -0.1) is 0 Å². The van der Waals surface area contributed by atoms with E-state index < -0.39 is 5.60 Å². The fourth-order valence-electron chi connectivity index (χ4n) is 3.97. The quantitative estimate of drug-likeness (QED) is 0.148. The lowest BCUT2D eigenvalue weighted by atomic mass is 10.1. The van der Waals surface area contributed by atoms with Crippen LogP contribution in [0.4, 0.5) is 11.4 Å². The van der Waals surface area contributed by atoms with Crippen LogP contribution in [0.15, 0.2) is 54.7 Å². The minimum Gasteiger partial charge on any atom is -0.493 e. The highest BCUT2D eigenvalue weighted by molar-refractivity contribution is 6.08. The van der Waals surface area contributed by atoms with Crippen molar-refractivity contribution in [1.82, 2.24) is 9.88 Å². The van der Waals surface area contributed by atoms with E-state index >= 15 is 0 Å². The summed E-state index contributed by atoms with van der Waals surface area (Å²) in [5.41, 5.74) is 2.09. The molecule has 0 radical (unpaired) electrons. The number of nitrogens with one attached hydrogen (secondary N) is 4. The molecule has 1 aromatic heterocycles. The number of aryl methyl sites for hydroxylation is 1. The van der Waals surface area contributed by atoms with Gasteiger partial charge in [-0.05, 0) is 68.7 Å². The second-order valence-corrected chi connectivity index (χ2v) is 10.6. The Kier molecular flexibility index (Phi) is 10.0. The summed E-state index contributed by atoms with van der Waals surface area (Å²) in [6, 6.07) is 15.2. The first-order valence-electron chi connectivity index (χ1n) is 13.2. The molecule has 9 heteroatoms. The zero-order valence-corrected chi connectivity index (χ0v) is 23.7. The predicted octanol–water partition coefficient (Wildman–Crippen LogP) is 5.38. The molecule has 0 spiro atoms. The van der Waals surface area contributed by atoms with E-state index in [1.54, 1.807) is 20.9 Å². The minimum atomic E-state index is -1.06. The Hall–Kier alpha value is -3.98.